The van der Waals surface area contributed by atoms with Crippen molar-refractivity contribution in [2.75, 3.05) is 6.54 Å². The first-order chi connectivity index (χ1) is 12.6. The van der Waals surface area contributed by atoms with Crippen molar-refractivity contribution in [1.82, 2.24) is 9.88 Å². The minimum atomic E-state index is 0.143. The zero-order chi connectivity index (χ0) is 18.1. The molecule has 0 bridgehead atoms. The largest absolute Gasteiger partial charge is 0.334 e. The monoisotopic (exact) mass is 368 g/mol. The molecule has 2 aliphatic rings. The van der Waals surface area contributed by atoms with E-state index in [1.807, 2.05) is 5.38 Å². The van der Waals surface area contributed by atoms with Gasteiger partial charge in [-0.2, -0.15) is 0 Å². The number of hydrogen-bond acceptors (Lipinski definition) is 3. The first-order valence-electron chi connectivity index (χ1n) is 10.0. The lowest BCUT2D eigenvalue weighted by Crippen LogP contribution is -2.49. The van der Waals surface area contributed by atoms with Crippen LogP contribution in [0.5, 0.6) is 0 Å². The number of aromatic nitrogens is 1. The SMILES string of the molecule is CC(C)c1cccc(-c2nc(C(=O)N3CCCC4CCCCC43)cs2)c1. The Morgan fingerprint density at radius 2 is 2.00 bits per heavy atom. The Hall–Kier alpha value is -1.68. The van der Waals surface area contributed by atoms with Crippen LogP contribution >= 0.6 is 11.3 Å². The van der Waals surface area contributed by atoms with Gasteiger partial charge in [0.1, 0.15) is 10.7 Å². The molecule has 1 aliphatic heterocycles. The first kappa shape index (κ1) is 17.7. The van der Waals surface area contributed by atoms with E-state index in [1.165, 1.54) is 37.7 Å². The highest BCUT2D eigenvalue weighted by atomic mass is 32.1. The van der Waals surface area contributed by atoms with Crippen molar-refractivity contribution in [1.29, 1.82) is 0 Å². The number of carbonyl (C=O) groups excluding carboxylic acids is 1. The smallest absolute Gasteiger partial charge is 0.273 e. The number of amides is 1. The Balaban J connectivity index is 1.55. The zero-order valence-electron chi connectivity index (χ0n) is 15.8. The molecule has 3 nitrogen and oxygen atoms in total. The van der Waals surface area contributed by atoms with Crippen LogP contribution in [0.25, 0.3) is 10.6 Å². The highest BCUT2D eigenvalue weighted by molar-refractivity contribution is 7.13. The molecule has 0 N–H and O–H groups in total. The Morgan fingerprint density at radius 1 is 1.19 bits per heavy atom. The summed E-state index contributed by atoms with van der Waals surface area (Å²) in [6.07, 6.45) is 7.48. The summed E-state index contributed by atoms with van der Waals surface area (Å²) >= 11 is 1.59. The standard InChI is InChI=1S/C22H28N2OS/c1-15(2)17-8-5-9-18(13-17)21-23-19(14-26-21)22(25)24-12-6-10-16-7-3-4-11-20(16)24/h5,8-9,13-16,20H,3-4,6-7,10-12H2,1-2H3. The number of piperidine rings is 1. The van der Waals surface area contributed by atoms with Crippen molar-refractivity contribution < 1.29 is 4.79 Å². The molecule has 2 unspecified atom stereocenters. The lowest BCUT2D eigenvalue weighted by atomic mass is 9.78. The topological polar surface area (TPSA) is 33.2 Å². The molecule has 0 spiro atoms. The van der Waals surface area contributed by atoms with Gasteiger partial charge in [0.2, 0.25) is 0 Å². The normalized spacial score (nSPS) is 23.1. The third kappa shape index (κ3) is 3.44. The van der Waals surface area contributed by atoms with Gasteiger partial charge >= 0.3 is 0 Å². The van der Waals surface area contributed by atoms with E-state index in [4.69, 9.17) is 4.98 Å². The number of benzene rings is 1. The summed E-state index contributed by atoms with van der Waals surface area (Å²) in [5, 5.41) is 2.90. The lowest BCUT2D eigenvalue weighted by Gasteiger charge is -2.43. The van der Waals surface area contributed by atoms with Crippen LogP contribution in [0.2, 0.25) is 0 Å². The molecule has 4 rings (SSSR count). The van der Waals surface area contributed by atoms with E-state index in [-0.39, 0.29) is 5.91 Å². The molecule has 1 aromatic carbocycles. The van der Waals surface area contributed by atoms with Gasteiger partial charge in [-0.05, 0) is 49.1 Å². The molecule has 26 heavy (non-hydrogen) atoms. The van der Waals surface area contributed by atoms with Crippen LogP contribution in [-0.4, -0.2) is 28.4 Å². The van der Waals surface area contributed by atoms with Gasteiger partial charge in [0.05, 0.1) is 0 Å². The van der Waals surface area contributed by atoms with E-state index >= 15 is 0 Å². The van der Waals surface area contributed by atoms with Gasteiger partial charge in [0.15, 0.2) is 0 Å². The minimum absolute atomic E-state index is 0.143. The molecule has 1 amide bonds. The number of carbonyl (C=O) groups is 1. The van der Waals surface area contributed by atoms with E-state index in [2.05, 4.69) is 43.0 Å². The molecular weight excluding hydrogens is 340 g/mol. The fourth-order valence-corrected chi connectivity index (χ4v) is 5.35. The van der Waals surface area contributed by atoms with Gasteiger partial charge < -0.3 is 4.90 Å². The van der Waals surface area contributed by atoms with Crippen LogP contribution in [-0.2, 0) is 0 Å². The third-order valence-electron chi connectivity index (χ3n) is 6.03. The maximum absolute atomic E-state index is 13.1. The predicted octanol–water partition coefficient (Wildman–Crippen LogP) is 5.73. The minimum Gasteiger partial charge on any atom is -0.334 e. The number of nitrogens with zero attached hydrogens (tertiary/aromatic N) is 2. The number of hydrogen-bond donors (Lipinski definition) is 0. The maximum Gasteiger partial charge on any atom is 0.273 e. The molecule has 2 atom stereocenters. The zero-order valence-corrected chi connectivity index (χ0v) is 16.6. The van der Waals surface area contributed by atoms with Gasteiger partial charge in [0.25, 0.3) is 5.91 Å². The fraction of sp³-hybridized carbons (Fsp3) is 0.545. The summed E-state index contributed by atoms with van der Waals surface area (Å²) in [5.41, 5.74) is 3.06. The summed E-state index contributed by atoms with van der Waals surface area (Å²) in [7, 11) is 0. The van der Waals surface area contributed by atoms with Crippen LogP contribution in [0.15, 0.2) is 29.6 Å². The van der Waals surface area contributed by atoms with Gasteiger partial charge in [-0.25, -0.2) is 4.98 Å². The Kier molecular flexibility index (Phi) is 5.12. The summed E-state index contributed by atoms with van der Waals surface area (Å²) in [6, 6.07) is 8.99. The van der Waals surface area contributed by atoms with E-state index in [0.29, 0.717) is 23.6 Å². The average Bonchev–Trinajstić information content (AvgIpc) is 3.17. The summed E-state index contributed by atoms with van der Waals surface area (Å²) in [5.74, 6) is 1.35. The van der Waals surface area contributed by atoms with Crippen molar-refractivity contribution in [3.63, 3.8) is 0 Å². The van der Waals surface area contributed by atoms with Crippen LogP contribution in [0.4, 0.5) is 0 Å². The summed E-state index contributed by atoms with van der Waals surface area (Å²) in [6.45, 7) is 5.30. The number of rotatable bonds is 3. The summed E-state index contributed by atoms with van der Waals surface area (Å²) in [4.78, 5) is 20.0. The van der Waals surface area contributed by atoms with Crippen molar-refractivity contribution >= 4 is 17.2 Å². The second-order valence-electron chi connectivity index (χ2n) is 8.07. The van der Waals surface area contributed by atoms with E-state index < -0.39 is 0 Å². The molecule has 2 heterocycles. The van der Waals surface area contributed by atoms with Crippen molar-refractivity contribution in [3.8, 4) is 10.6 Å². The third-order valence-corrected chi connectivity index (χ3v) is 6.92. The number of thiazole rings is 1. The first-order valence-corrected chi connectivity index (χ1v) is 10.9. The van der Waals surface area contributed by atoms with Gasteiger partial charge in [-0.3, -0.25) is 4.79 Å². The average molecular weight is 369 g/mol. The Bertz CT molecular complexity index is 780. The molecule has 1 saturated heterocycles. The molecule has 4 heteroatoms. The van der Waals surface area contributed by atoms with E-state index in [1.54, 1.807) is 11.3 Å². The number of likely N-dealkylation sites (tertiary alicyclic amines) is 1. The highest BCUT2D eigenvalue weighted by Gasteiger charge is 2.36. The van der Waals surface area contributed by atoms with E-state index in [0.717, 1.165) is 23.5 Å². The van der Waals surface area contributed by atoms with Gasteiger partial charge in [-0.1, -0.05) is 44.9 Å². The molecule has 0 radical (unpaired) electrons. The van der Waals surface area contributed by atoms with E-state index in [9.17, 15) is 4.79 Å². The second kappa shape index (κ2) is 7.51. The van der Waals surface area contributed by atoms with Gasteiger partial charge in [0, 0.05) is 23.5 Å². The van der Waals surface area contributed by atoms with Crippen LogP contribution < -0.4 is 0 Å². The number of fused-ring (bicyclic) bond motifs is 1. The van der Waals surface area contributed by atoms with Crippen LogP contribution in [0.1, 0.15) is 74.3 Å². The summed E-state index contributed by atoms with van der Waals surface area (Å²) < 4.78 is 0. The molecule has 2 fully saturated rings. The van der Waals surface area contributed by atoms with Gasteiger partial charge in [-0.15, -0.1) is 11.3 Å². The maximum atomic E-state index is 13.1. The van der Waals surface area contributed by atoms with Crippen LogP contribution in [0, 0.1) is 5.92 Å². The molecule has 138 valence electrons. The Morgan fingerprint density at radius 3 is 2.85 bits per heavy atom. The predicted molar refractivity (Wildman–Crippen MR) is 108 cm³/mol. The molecule has 1 aliphatic carbocycles. The van der Waals surface area contributed by atoms with Crippen molar-refractivity contribution in [3.05, 3.63) is 40.9 Å². The second-order valence-corrected chi connectivity index (χ2v) is 8.93. The quantitative estimate of drug-likeness (QED) is 0.693. The lowest BCUT2D eigenvalue weighted by molar-refractivity contribution is 0.0386. The molecule has 1 saturated carbocycles. The molecular formula is C22H28N2OS. The van der Waals surface area contributed by atoms with Crippen molar-refractivity contribution in [2.45, 2.75) is 64.3 Å². The highest BCUT2D eigenvalue weighted by Crippen LogP contribution is 2.36. The fourth-order valence-electron chi connectivity index (χ4n) is 4.56. The van der Waals surface area contributed by atoms with Crippen molar-refractivity contribution in [2.24, 2.45) is 5.92 Å². The molecule has 1 aromatic heterocycles. The molecule has 2 aromatic rings. The Labute approximate surface area is 160 Å². The van der Waals surface area contributed by atoms with Crippen LogP contribution in [0.3, 0.4) is 0 Å².